The highest BCUT2D eigenvalue weighted by atomic mass is 16.6. The van der Waals surface area contributed by atoms with Crippen molar-refractivity contribution in [2.75, 3.05) is 20.7 Å². The molecule has 36 heavy (non-hydrogen) atoms. The van der Waals surface area contributed by atoms with Crippen LogP contribution in [0, 0.1) is 5.92 Å². The summed E-state index contributed by atoms with van der Waals surface area (Å²) in [7, 11) is 3.57. The van der Waals surface area contributed by atoms with Gasteiger partial charge in [-0.2, -0.15) is 0 Å². The average Bonchev–Trinajstić information content (AvgIpc) is 3.18. The van der Waals surface area contributed by atoms with Crippen molar-refractivity contribution >= 4 is 17.9 Å². The number of carboxylic acid groups (broad SMARTS) is 1. The van der Waals surface area contributed by atoms with Gasteiger partial charge in [-0.25, -0.2) is 4.79 Å². The van der Waals surface area contributed by atoms with Gasteiger partial charge in [-0.05, 0) is 51.1 Å². The summed E-state index contributed by atoms with van der Waals surface area (Å²) in [5.41, 5.74) is 0.0522. The van der Waals surface area contributed by atoms with Crippen LogP contribution in [0.5, 0.6) is 11.5 Å². The Balaban J connectivity index is 1.45. The molecule has 0 aromatic heterocycles. The van der Waals surface area contributed by atoms with E-state index in [-0.39, 0.29) is 18.2 Å². The molecule has 2 aliphatic heterocycles. The second-order valence-electron chi connectivity index (χ2n) is 10.3. The molecule has 2 N–H and O–H groups in total. The number of ether oxygens (including phenoxy) is 4. The van der Waals surface area contributed by atoms with Gasteiger partial charge in [0.05, 0.1) is 30.5 Å². The van der Waals surface area contributed by atoms with Crippen LogP contribution in [0.2, 0.25) is 0 Å². The van der Waals surface area contributed by atoms with Crippen LogP contribution >= 0.6 is 0 Å². The normalized spacial score (nSPS) is 31.3. The summed E-state index contributed by atoms with van der Waals surface area (Å²) in [6, 6.07) is 3.74. The molecular weight excluding hydrogens is 470 g/mol. The summed E-state index contributed by atoms with van der Waals surface area (Å²) in [6.07, 6.45) is 0.819. The number of piperidine rings is 1. The minimum atomic E-state index is -1.25. The molecule has 0 amide bonds. The Kier molecular flexibility index (Phi) is 5.79. The summed E-state index contributed by atoms with van der Waals surface area (Å²) in [4.78, 5) is 38.2. The van der Waals surface area contributed by atoms with E-state index in [2.05, 4.69) is 4.90 Å². The number of esters is 2. The zero-order chi connectivity index (χ0) is 26.0. The van der Waals surface area contributed by atoms with Gasteiger partial charge in [-0.3, -0.25) is 9.59 Å². The number of likely N-dealkylation sites (tertiary alicyclic amines) is 1. The molecule has 10 nitrogen and oxygen atoms in total. The Morgan fingerprint density at radius 3 is 2.69 bits per heavy atom. The van der Waals surface area contributed by atoms with Crippen LogP contribution in [-0.2, 0) is 35.7 Å². The van der Waals surface area contributed by atoms with Gasteiger partial charge in [0.25, 0.3) is 0 Å². The van der Waals surface area contributed by atoms with Crippen LogP contribution in [0.25, 0.3) is 0 Å². The molecule has 5 rings (SSSR count). The third-order valence-corrected chi connectivity index (χ3v) is 8.28. The Bertz CT molecular complexity index is 1160. The standard InChI is InChI=1S/C26H31NO9/c1-13(11-19(28)29)23(30)34-14(2)24(31)35-17-7-8-26(32)18-12-15-5-6-16(33-4)21-20(15)25(26,22(17)36-21)9-10-27(18)3/h5-7,13-14,18,22,32H,8-12H2,1-4H3,(H,28,29)/t13-,14-,18+,22-,25-,26+/m0/s1. The molecule has 1 saturated heterocycles. The van der Waals surface area contributed by atoms with Gasteiger partial charge >= 0.3 is 17.9 Å². The number of carboxylic acids is 1. The summed E-state index contributed by atoms with van der Waals surface area (Å²) < 4.78 is 22.9. The number of rotatable bonds is 7. The Labute approximate surface area is 208 Å². The highest BCUT2D eigenvalue weighted by Crippen LogP contribution is 2.65. The average molecular weight is 502 g/mol. The summed E-state index contributed by atoms with van der Waals surface area (Å²) >= 11 is 0. The van der Waals surface area contributed by atoms with Crippen LogP contribution in [0.15, 0.2) is 24.0 Å². The van der Waals surface area contributed by atoms with Gasteiger partial charge in [0.1, 0.15) is 5.76 Å². The lowest BCUT2D eigenvalue weighted by Gasteiger charge is -2.61. The Morgan fingerprint density at radius 1 is 1.25 bits per heavy atom. The molecule has 2 aliphatic carbocycles. The molecule has 6 atom stereocenters. The van der Waals surface area contributed by atoms with Crippen LogP contribution in [0.4, 0.5) is 0 Å². The molecule has 1 aromatic carbocycles. The van der Waals surface area contributed by atoms with E-state index >= 15 is 0 Å². The fourth-order valence-corrected chi connectivity index (χ4v) is 6.47. The predicted molar refractivity (Wildman–Crippen MR) is 125 cm³/mol. The monoisotopic (exact) mass is 501 g/mol. The maximum atomic E-state index is 12.9. The highest BCUT2D eigenvalue weighted by Gasteiger charge is 2.72. The number of nitrogens with zero attached hydrogens (tertiary/aromatic N) is 1. The van der Waals surface area contributed by atoms with E-state index in [1.165, 1.54) is 13.8 Å². The second kappa shape index (κ2) is 8.48. The molecule has 0 unspecified atom stereocenters. The number of likely N-dealkylation sites (N-methyl/N-ethyl adjacent to an activating group) is 1. The van der Waals surface area contributed by atoms with Crippen molar-refractivity contribution in [3.63, 3.8) is 0 Å². The quantitative estimate of drug-likeness (QED) is 0.531. The van der Waals surface area contributed by atoms with E-state index in [4.69, 9.17) is 24.1 Å². The molecule has 0 radical (unpaired) electrons. The van der Waals surface area contributed by atoms with E-state index in [0.29, 0.717) is 24.3 Å². The number of hydrogen-bond acceptors (Lipinski definition) is 9. The van der Waals surface area contributed by atoms with Crippen molar-refractivity contribution in [2.24, 2.45) is 5.92 Å². The number of benzene rings is 1. The van der Waals surface area contributed by atoms with Crippen molar-refractivity contribution < 1.29 is 43.5 Å². The fraction of sp³-hybridized carbons (Fsp3) is 0.577. The lowest BCUT2D eigenvalue weighted by molar-refractivity contribution is -0.176. The third kappa shape index (κ3) is 3.34. The lowest BCUT2D eigenvalue weighted by atomic mass is 9.50. The van der Waals surface area contributed by atoms with E-state index in [1.807, 2.05) is 19.2 Å². The van der Waals surface area contributed by atoms with E-state index in [9.17, 15) is 19.5 Å². The first kappa shape index (κ1) is 24.6. The van der Waals surface area contributed by atoms with Gasteiger partial charge in [0, 0.05) is 18.0 Å². The van der Waals surface area contributed by atoms with Crippen molar-refractivity contribution in [3.05, 3.63) is 35.1 Å². The van der Waals surface area contributed by atoms with Gasteiger partial charge in [-0.15, -0.1) is 0 Å². The highest BCUT2D eigenvalue weighted by molar-refractivity contribution is 5.83. The molecule has 2 heterocycles. The first-order valence-corrected chi connectivity index (χ1v) is 12.2. The Hall–Kier alpha value is -3.11. The molecule has 10 heteroatoms. The first-order chi connectivity index (χ1) is 17.0. The SMILES string of the molecule is COc1ccc2c3c1O[C@H]1C(OC(=O)[C@H](C)OC(=O)[C@@H](C)CC(=O)O)=CC[C@@]4(O)[C@@H](C2)N(C)CC[C@]314. The molecular formula is C26H31NO9. The number of carbonyl (C=O) groups excluding carboxylic acids is 2. The molecule has 1 fully saturated rings. The molecule has 0 saturated carbocycles. The summed E-state index contributed by atoms with van der Waals surface area (Å²) in [6.45, 7) is 3.54. The van der Waals surface area contributed by atoms with E-state index < -0.39 is 53.5 Å². The van der Waals surface area contributed by atoms with Gasteiger partial charge in [0.2, 0.25) is 0 Å². The van der Waals surface area contributed by atoms with Crippen molar-refractivity contribution in [1.29, 1.82) is 0 Å². The molecule has 4 aliphatic rings. The summed E-state index contributed by atoms with van der Waals surface area (Å²) in [5.74, 6) is -2.25. The van der Waals surface area contributed by atoms with E-state index in [0.717, 1.165) is 17.7 Å². The van der Waals surface area contributed by atoms with Crippen molar-refractivity contribution in [3.8, 4) is 11.5 Å². The minimum absolute atomic E-state index is 0.131. The van der Waals surface area contributed by atoms with Gasteiger partial charge in [-0.1, -0.05) is 13.0 Å². The smallest absolute Gasteiger partial charge is 0.352 e. The molecule has 2 bridgehead atoms. The van der Waals surface area contributed by atoms with Crippen LogP contribution in [0.3, 0.4) is 0 Å². The predicted octanol–water partition coefficient (Wildman–Crippen LogP) is 1.56. The Morgan fingerprint density at radius 2 is 2.00 bits per heavy atom. The lowest BCUT2D eigenvalue weighted by Crippen LogP contribution is -2.74. The van der Waals surface area contributed by atoms with E-state index in [1.54, 1.807) is 13.2 Å². The second-order valence-corrected chi connectivity index (χ2v) is 10.3. The van der Waals surface area contributed by atoms with Gasteiger partial charge in [0.15, 0.2) is 23.7 Å². The molecule has 1 spiro atoms. The van der Waals surface area contributed by atoms with Crippen LogP contribution < -0.4 is 9.47 Å². The molecule has 194 valence electrons. The topological polar surface area (TPSA) is 132 Å². The third-order valence-electron chi connectivity index (χ3n) is 8.28. The number of methoxy groups -OCH3 is 1. The number of aliphatic carboxylic acids is 1. The van der Waals surface area contributed by atoms with Crippen LogP contribution in [0.1, 0.15) is 44.2 Å². The van der Waals surface area contributed by atoms with Crippen molar-refractivity contribution in [2.45, 2.75) is 68.8 Å². The minimum Gasteiger partial charge on any atom is -0.493 e. The summed E-state index contributed by atoms with van der Waals surface area (Å²) in [5, 5.41) is 21.1. The zero-order valence-corrected chi connectivity index (χ0v) is 20.8. The van der Waals surface area contributed by atoms with Crippen molar-refractivity contribution in [1.82, 2.24) is 4.90 Å². The molecule has 1 aromatic rings. The number of carbonyl (C=O) groups is 3. The first-order valence-electron chi connectivity index (χ1n) is 12.2. The number of aliphatic hydroxyl groups is 1. The van der Waals surface area contributed by atoms with Gasteiger partial charge < -0.3 is 34.1 Å². The fourth-order valence-electron chi connectivity index (χ4n) is 6.47. The van der Waals surface area contributed by atoms with Crippen LogP contribution in [-0.4, -0.2) is 77.6 Å². The maximum absolute atomic E-state index is 12.9. The maximum Gasteiger partial charge on any atom is 0.352 e. The number of hydrogen-bond donors (Lipinski definition) is 2. The largest absolute Gasteiger partial charge is 0.493 e. The zero-order valence-electron chi connectivity index (χ0n) is 20.8.